The fourth-order valence-corrected chi connectivity index (χ4v) is 8.80. The number of nitrogens with zero attached hydrogens (tertiary/aromatic N) is 1. The summed E-state index contributed by atoms with van der Waals surface area (Å²) in [6, 6.07) is 0. The van der Waals surface area contributed by atoms with Gasteiger partial charge >= 0.3 is 5.97 Å². The van der Waals surface area contributed by atoms with E-state index in [1.165, 1.54) is 0 Å². The molecule has 0 aromatic carbocycles. The second-order valence-electron chi connectivity index (χ2n) is 12.9. The van der Waals surface area contributed by atoms with Crippen LogP contribution in [0.25, 0.3) is 0 Å². The average molecular weight is 544 g/mol. The molecule has 0 aromatic heterocycles. The topological polar surface area (TPSA) is 104 Å². The first-order chi connectivity index (χ1) is 18.4. The van der Waals surface area contributed by atoms with Crippen LogP contribution in [-0.4, -0.2) is 70.6 Å². The maximum atomic E-state index is 13.4. The molecule has 3 saturated carbocycles. The summed E-state index contributed by atoms with van der Waals surface area (Å²) in [5, 5.41) is 23.4. The number of carbonyl (C=O) groups is 3. The first-order valence-corrected chi connectivity index (χ1v) is 15.2. The molecule has 0 bridgehead atoms. The van der Waals surface area contributed by atoms with E-state index in [9.17, 15) is 24.6 Å². The van der Waals surface area contributed by atoms with Crippen LogP contribution in [0.5, 0.6) is 0 Å². The third kappa shape index (κ3) is 5.19. The van der Waals surface area contributed by atoms with Gasteiger partial charge in [-0.25, -0.2) is 0 Å². The highest BCUT2D eigenvalue weighted by atomic mass is 16.5. The van der Waals surface area contributed by atoms with E-state index in [1.807, 2.05) is 13.8 Å². The molecule has 4 aliphatic carbocycles. The van der Waals surface area contributed by atoms with Gasteiger partial charge in [-0.1, -0.05) is 45.3 Å². The average Bonchev–Trinajstić information content (AvgIpc) is 3.16. The summed E-state index contributed by atoms with van der Waals surface area (Å²) in [6.45, 7) is 13.0. The largest absolute Gasteiger partial charge is 0.458 e. The number of unbranched alkanes of at least 4 members (excludes halogenated alkanes) is 2. The molecular formula is C32H49NO6. The van der Waals surface area contributed by atoms with E-state index in [1.54, 1.807) is 12.2 Å². The molecule has 0 spiro atoms. The van der Waals surface area contributed by atoms with Crippen LogP contribution >= 0.6 is 0 Å². The highest BCUT2D eigenvalue weighted by molar-refractivity contribution is 6.02. The molecule has 0 aromatic rings. The molecule has 7 nitrogen and oxygen atoms in total. The van der Waals surface area contributed by atoms with E-state index in [4.69, 9.17) is 4.74 Å². The van der Waals surface area contributed by atoms with Crippen LogP contribution in [0.4, 0.5) is 0 Å². The normalized spacial score (nSPS) is 37.5. The number of hydrogen-bond acceptors (Lipinski definition) is 7. The minimum atomic E-state index is -1.63. The number of aliphatic hydroxyl groups excluding tert-OH is 1. The molecular weight excluding hydrogens is 494 g/mol. The number of hydrogen-bond donors (Lipinski definition) is 2. The fraction of sp³-hybridized carbons (Fsp3) is 0.781. The Kier molecular flexibility index (Phi) is 8.94. The van der Waals surface area contributed by atoms with Crippen LogP contribution in [0.3, 0.4) is 0 Å². The second kappa shape index (κ2) is 11.6. The number of allylic oxidation sites excluding steroid dienone is 4. The van der Waals surface area contributed by atoms with Gasteiger partial charge in [-0.05, 0) is 95.5 Å². The lowest BCUT2D eigenvalue weighted by atomic mass is 9.45. The van der Waals surface area contributed by atoms with Crippen molar-refractivity contribution in [1.29, 1.82) is 0 Å². The second-order valence-corrected chi connectivity index (χ2v) is 12.9. The van der Waals surface area contributed by atoms with E-state index < -0.39 is 35.5 Å². The van der Waals surface area contributed by atoms with Gasteiger partial charge in [0.1, 0.15) is 5.60 Å². The van der Waals surface area contributed by atoms with Crippen LogP contribution in [0.2, 0.25) is 0 Å². The Bertz CT molecular complexity index is 1030. The number of ether oxygens (including phenoxy) is 1. The number of Topliss-reactive ketones (excluding diaryl/α,β-unsaturated/α-hetero) is 1. The van der Waals surface area contributed by atoms with E-state index in [2.05, 4.69) is 25.7 Å². The molecule has 39 heavy (non-hydrogen) atoms. The molecule has 0 amide bonds. The van der Waals surface area contributed by atoms with E-state index in [0.29, 0.717) is 19.3 Å². The molecule has 2 N–H and O–H groups in total. The summed E-state index contributed by atoms with van der Waals surface area (Å²) in [6.07, 6.45) is 8.63. The maximum absolute atomic E-state index is 13.4. The molecule has 4 aliphatic rings. The van der Waals surface area contributed by atoms with Gasteiger partial charge in [0.15, 0.2) is 12.4 Å². The lowest BCUT2D eigenvalue weighted by Gasteiger charge is -2.60. The Balaban J connectivity index is 1.38. The third-order valence-corrected chi connectivity index (χ3v) is 11.3. The summed E-state index contributed by atoms with van der Waals surface area (Å²) in [4.78, 5) is 40.4. The Morgan fingerprint density at radius 1 is 1.10 bits per heavy atom. The number of carbonyl (C=O) groups excluding carboxylic acids is 3. The van der Waals surface area contributed by atoms with Crippen molar-refractivity contribution in [3.63, 3.8) is 0 Å². The van der Waals surface area contributed by atoms with Crippen molar-refractivity contribution in [3.8, 4) is 0 Å². The molecule has 4 rings (SSSR count). The maximum Gasteiger partial charge on any atom is 0.306 e. The highest BCUT2D eigenvalue weighted by Gasteiger charge is 2.68. The summed E-state index contributed by atoms with van der Waals surface area (Å²) < 4.78 is 5.35. The number of rotatable bonds is 11. The molecule has 0 aliphatic heterocycles. The molecule has 0 saturated heterocycles. The summed E-state index contributed by atoms with van der Waals surface area (Å²) in [5.74, 6) is -0.675. The molecule has 0 radical (unpaired) electrons. The molecule has 0 heterocycles. The zero-order valence-electron chi connectivity index (χ0n) is 24.6. The minimum Gasteiger partial charge on any atom is -0.458 e. The van der Waals surface area contributed by atoms with Gasteiger partial charge in [0.2, 0.25) is 5.78 Å². The van der Waals surface area contributed by atoms with Crippen molar-refractivity contribution in [3.05, 3.63) is 23.3 Å². The van der Waals surface area contributed by atoms with Crippen LogP contribution in [0.1, 0.15) is 92.4 Å². The highest BCUT2D eigenvalue weighted by Crippen LogP contribution is 2.68. The Labute approximate surface area is 234 Å². The number of esters is 1. The molecule has 7 atom stereocenters. The van der Waals surface area contributed by atoms with E-state index in [-0.39, 0.29) is 35.4 Å². The summed E-state index contributed by atoms with van der Waals surface area (Å²) in [5.41, 5.74) is -0.713. The van der Waals surface area contributed by atoms with Crippen molar-refractivity contribution in [1.82, 2.24) is 4.90 Å². The van der Waals surface area contributed by atoms with Crippen molar-refractivity contribution < 1.29 is 29.3 Å². The van der Waals surface area contributed by atoms with Gasteiger partial charge in [-0.15, -0.1) is 0 Å². The molecule has 1 unspecified atom stereocenters. The van der Waals surface area contributed by atoms with Crippen molar-refractivity contribution in [2.45, 2.75) is 104 Å². The Morgan fingerprint density at radius 2 is 1.82 bits per heavy atom. The van der Waals surface area contributed by atoms with Gasteiger partial charge in [0, 0.05) is 23.2 Å². The molecule has 218 valence electrons. The van der Waals surface area contributed by atoms with Crippen LogP contribution in [0.15, 0.2) is 23.3 Å². The zero-order valence-corrected chi connectivity index (χ0v) is 24.6. The minimum absolute atomic E-state index is 0.0172. The Morgan fingerprint density at radius 3 is 2.51 bits per heavy atom. The Hall–Kier alpha value is -1.83. The molecule has 3 fully saturated rings. The van der Waals surface area contributed by atoms with Crippen molar-refractivity contribution in [2.24, 2.45) is 28.6 Å². The number of ketones is 2. The van der Waals surface area contributed by atoms with Crippen LogP contribution in [0, 0.1) is 28.6 Å². The van der Waals surface area contributed by atoms with Gasteiger partial charge in [0.25, 0.3) is 0 Å². The standard InChI is InChI=1S/C32H49NO6/c1-6-33(7-2)16-10-8-9-11-28(37)39-20-27(36)32(38)15-14-25-24-13-12-22-18-23(34)17-21(3)31(22,5)29(24)26(35)19-30(25,32)4/h17-18,24-26,29,35,38H,6-16,19-20H2,1-5H3/t24-,25-,26?,29+,30-,31-,32-/m0/s1. The first-order valence-electron chi connectivity index (χ1n) is 15.2. The smallest absolute Gasteiger partial charge is 0.306 e. The van der Waals surface area contributed by atoms with Gasteiger partial charge in [-0.3, -0.25) is 14.4 Å². The lowest BCUT2D eigenvalue weighted by molar-refractivity contribution is -0.181. The summed E-state index contributed by atoms with van der Waals surface area (Å²) in [7, 11) is 0. The van der Waals surface area contributed by atoms with Crippen molar-refractivity contribution in [2.75, 3.05) is 26.2 Å². The first kappa shape index (κ1) is 30.1. The monoisotopic (exact) mass is 543 g/mol. The van der Waals surface area contributed by atoms with Crippen molar-refractivity contribution >= 4 is 17.5 Å². The third-order valence-electron chi connectivity index (χ3n) is 11.3. The fourth-order valence-electron chi connectivity index (χ4n) is 8.80. The van der Waals surface area contributed by atoms with Crippen LogP contribution < -0.4 is 0 Å². The zero-order chi connectivity index (χ0) is 28.6. The number of fused-ring (bicyclic) bond motifs is 5. The van der Waals surface area contributed by atoms with Crippen LogP contribution in [-0.2, 0) is 19.1 Å². The van der Waals surface area contributed by atoms with Gasteiger partial charge < -0.3 is 19.8 Å². The number of aliphatic hydroxyl groups is 2. The summed E-state index contributed by atoms with van der Waals surface area (Å²) >= 11 is 0. The lowest BCUT2D eigenvalue weighted by Crippen LogP contribution is -2.62. The molecule has 7 heteroatoms. The van der Waals surface area contributed by atoms with E-state index in [0.717, 1.165) is 62.9 Å². The predicted octanol–water partition coefficient (Wildman–Crippen LogP) is 4.40. The van der Waals surface area contributed by atoms with Gasteiger partial charge in [-0.2, -0.15) is 0 Å². The quantitative estimate of drug-likeness (QED) is 0.294. The predicted molar refractivity (Wildman–Crippen MR) is 150 cm³/mol. The SMILES string of the molecule is CCN(CC)CCCCCC(=O)OCC(=O)[C@@]1(O)CC[C@H]2[C@@H]3CCC4=CC(=O)C=C(C)[C@]4(C)[C@H]3C(O)C[C@@]21C. The van der Waals surface area contributed by atoms with E-state index >= 15 is 0 Å². The van der Waals surface area contributed by atoms with Gasteiger partial charge in [0.05, 0.1) is 6.10 Å².